The highest BCUT2D eigenvalue weighted by Gasteiger charge is 2.25. The Morgan fingerprint density at radius 2 is 1.96 bits per heavy atom. The first-order chi connectivity index (χ1) is 11.9. The molecule has 0 aliphatic heterocycles. The summed E-state index contributed by atoms with van der Waals surface area (Å²) in [6, 6.07) is 4.81. The first-order valence-electron chi connectivity index (χ1n) is 7.54. The van der Waals surface area contributed by atoms with Crippen molar-refractivity contribution < 1.29 is 28.2 Å². The van der Waals surface area contributed by atoms with Crippen LogP contribution in [0.1, 0.15) is 43.0 Å². The Bertz CT molecular complexity index is 733. The molecule has 2 heterocycles. The molecule has 0 fully saturated rings. The van der Waals surface area contributed by atoms with Crippen molar-refractivity contribution in [2.24, 2.45) is 0 Å². The van der Waals surface area contributed by atoms with Crippen molar-refractivity contribution in [2.45, 2.75) is 32.9 Å². The molecular formula is C16H18FN3O5. The fourth-order valence-electron chi connectivity index (χ4n) is 2.01. The normalized spacial score (nSPS) is 11.9. The van der Waals surface area contributed by atoms with Crippen LogP contribution in [0.4, 0.5) is 9.18 Å². The van der Waals surface area contributed by atoms with Gasteiger partial charge in [-0.05, 0) is 32.9 Å². The van der Waals surface area contributed by atoms with Gasteiger partial charge in [-0.1, -0.05) is 6.07 Å². The Balaban J connectivity index is 2.05. The lowest BCUT2D eigenvalue weighted by molar-refractivity contribution is -0.0352. The van der Waals surface area contributed by atoms with Crippen LogP contribution in [0.3, 0.4) is 0 Å². The summed E-state index contributed by atoms with van der Waals surface area (Å²) < 4.78 is 29.3. The minimum absolute atomic E-state index is 0.374. The Kier molecular flexibility index (Phi) is 6.04. The number of esters is 1. The Morgan fingerprint density at radius 1 is 1.20 bits per heavy atom. The number of pyridine rings is 1. The lowest BCUT2D eigenvalue weighted by atomic mass is 10.2. The van der Waals surface area contributed by atoms with Crippen LogP contribution in [-0.4, -0.2) is 39.6 Å². The summed E-state index contributed by atoms with van der Waals surface area (Å²) in [7, 11) is 0. The maximum Gasteiger partial charge on any atom is 0.511 e. The van der Waals surface area contributed by atoms with Crippen LogP contribution in [0.5, 0.6) is 0 Å². The van der Waals surface area contributed by atoms with Gasteiger partial charge in [0.05, 0.1) is 24.2 Å². The number of halogens is 1. The number of imidazole rings is 1. The number of carbonyl (C=O) groups is 2. The molecule has 0 saturated heterocycles. The molecule has 0 unspecified atom stereocenters. The summed E-state index contributed by atoms with van der Waals surface area (Å²) in [4.78, 5) is 31.0. The zero-order chi connectivity index (χ0) is 18.4. The largest absolute Gasteiger partial charge is 0.511 e. The van der Waals surface area contributed by atoms with Gasteiger partial charge in [-0.25, -0.2) is 14.6 Å². The van der Waals surface area contributed by atoms with E-state index in [1.807, 2.05) is 0 Å². The van der Waals surface area contributed by atoms with Crippen LogP contribution in [0.25, 0.3) is 0 Å². The lowest BCUT2D eigenvalue weighted by Gasteiger charge is -2.15. The minimum Gasteiger partial charge on any atom is -0.431 e. The predicted molar refractivity (Wildman–Crippen MR) is 83.2 cm³/mol. The third kappa shape index (κ3) is 4.75. The molecule has 0 bridgehead atoms. The van der Waals surface area contributed by atoms with E-state index in [-0.39, 0.29) is 11.8 Å². The van der Waals surface area contributed by atoms with Crippen LogP contribution in [0.15, 0.2) is 30.7 Å². The monoisotopic (exact) mass is 351 g/mol. The molecule has 134 valence electrons. The van der Waals surface area contributed by atoms with E-state index in [1.54, 1.807) is 45.2 Å². The van der Waals surface area contributed by atoms with Crippen LogP contribution < -0.4 is 0 Å². The van der Waals surface area contributed by atoms with E-state index in [2.05, 4.69) is 14.7 Å². The number of rotatable bonds is 6. The Labute approximate surface area is 143 Å². The first-order valence-corrected chi connectivity index (χ1v) is 7.54. The number of hydrogen-bond donors (Lipinski definition) is 0. The van der Waals surface area contributed by atoms with E-state index in [1.165, 1.54) is 10.9 Å². The molecular weight excluding hydrogens is 333 g/mol. The average Bonchev–Trinajstić information content (AvgIpc) is 2.95. The van der Waals surface area contributed by atoms with Gasteiger partial charge < -0.3 is 18.8 Å². The number of nitrogens with zero attached hydrogens (tertiary/aromatic N) is 3. The maximum atomic E-state index is 13.9. The predicted octanol–water partition coefficient (Wildman–Crippen LogP) is 2.70. The molecule has 0 spiro atoms. The van der Waals surface area contributed by atoms with E-state index in [4.69, 9.17) is 9.47 Å². The number of aromatic nitrogens is 3. The molecule has 0 aliphatic carbocycles. The van der Waals surface area contributed by atoms with Crippen LogP contribution in [-0.2, 0) is 14.2 Å². The molecule has 8 nitrogen and oxygen atoms in total. The van der Waals surface area contributed by atoms with Gasteiger partial charge >= 0.3 is 12.1 Å². The summed E-state index contributed by atoms with van der Waals surface area (Å²) in [5.41, 5.74) is 0.227. The van der Waals surface area contributed by atoms with Crippen molar-refractivity contribution in [3.63, 3.8) is 0 Å². The van der Waals surface area contributed by atoms with Crippen molar-refractivity contribution in [1.29, 1.82) is 0 Å². The third-order valence-electron chi connectivity index (χ3n) is 3.17. The minimum atomic E-state index is -1.02. The Morgan fingerprint density at radius 3 is 2.60 bits per heavy atom. The molecule has 0 aliphatic rings. The van der Waals surface area contributed by atoms with Crippen molar-refractivity contribution >= 4 is 12.1 Å². The van der Waals surface area contributed by atoms with Gasteiger partial charge in [0.2, 0.25) is 12.7 Å². The molecule has 2 aromatic rings. The van der Waals surface area contributed by atoms with E-state index < -0.39 is 30.9 Å². The smallest absolute Gasteiger partial charge is 0.431 e. The molecule has 0 amide bonds. The summed E-state index contributed by atoms with van der Waals surface area (Å²) in [5, 5.41) is 0. The summed E-state index contributed by atoms with van der Waals surface area (Å²) in [5.74, 6) is -2.01. The van der Waals surface area contributed by atoms with Gasteiger partial charge in [-0.2, -0.15) is 4.39 Å². The average molecular weight is 351 g/mol. The molecule has 2 rings (SSSR count). The highest BCUT2D eigenvalue weighted by atomic mass is 19.1. The molecule has 1 atom stereocenters. The van der Waals surface area contributed by atoms with Crippen molar-refractivity contribution in [3.05, 3.63) is 48.1 Å². The van der Waals surface area contributed by atoms with Crippen LogP contribution in [0, 0.1) is 5.95 Å². The summed E-state index contributed by atoms with van der Waals surface area (Å²) in [6.07, 6.45) is 1.41. The Hall–Kier alpha value is -2.97. The van der Waals surface area contributed by atoms with E-state index in [0.29, 0.717) is 5.69 Å². The maximum absolute atomic E-state index is 13.9. The summed E-state index contributed by atoms with van der Waals surface area (Å²) in [6.45, 7) is 4.31. The van der Waals surface area contributed by atoms with Gasteiger partial charge in [-0.15, -0.1) is 0 Å². The standard InChI is InChI=1S/C16H18FN3O5/c1-10(2)25-16(22)24-9-23-15(21)13-14(17)19-8-20(13)11(3)12-6-4-5-7-18-12/h4-8,10-11H,9H2,1-3H3/t11-/m1/s1. The second-order valence-corrected chi connectivity index (χ2v) is 5.33. The van der Waals surface area contributed by atoms with Crippen LogP contribution >= 0.6 is 0 Å². The highest BCUT2D eigenvalue weighted by Crippen LogP contribution is 2.20. The van der Waals surface area contributed by atoms with Gasteiger partial charge in [0, 0.05) is 6.20 Å². The second kappa shape index (κ2) is 8.22. The van der Waals surface area contributed by atoms with Gasteiger partial charge in [0.15, 0.2) is 5.69 Å². The molecule has 2 aromatic heterocycles. The van der Waals surface area contributed by atoms with Crippen molar-refractivity contribution in [1.82, 2.24) is 14.5 Å². The molecule has 0 radical (unpaired) electrons. The molecule has 0 N–H and O–H groups in total. The quantitative estimate of drug-likeness (QED) is 0.583. The third-order valence-corrected chi connectivity index (χ3v) is 3.17. The van der Waals surface area contributed by atoms with Crippen molar-refractivity contribution in [2.75, 3.05) is 6.79 Å². The van der Waals surface area contributed by atoms with E-state index in [9.17, 15) is 14.0 Å². The summed E-state index contributed by atoms with van der Waals surface area (Å²) >= 11 is 0. The number of hydrogen-bond acceptors (Lipinski definition) is 7. The number of ether oxygens (including phenoxy) is 3. The molecule has 0 aromatic carbocycles. The van der Waals surface area contributed by atoms with Gasteiger partial charge in [0.25, 0.3) is 0 Å². The number of carbonyl (C=O) groups excluding carboxylic acids is 2. The van der Waals surface area contributed by atoms with E-state index >= 15 is 0 Å². The fraction of sp³-hybridized carbons (Fsp3) is 0.375. The zero-order valence-corrected chi connectivity index (χ0v) is 14.0. The lowest BCUT2D eigenvalue weighted by Crippen LogP contribution is -2.20. The second-order valence-electron chi connectivity index (χ2n) is 5.33. The molecule has 0 saturated carbocycles. The molecule has 25 heavy (non-hydrogen) atoms. The van der Waals surface area contributed by atoms with Crippen molar-refractivity contribution in [3.8, 4) is 0 Å². The van der Waals surface area contributed by atoms with Gasteiger partial charge in [-0.3, -0.25) is 4.98 Å². The first kappa shape index (κ1) is 18.4. The highest BCUT2D eigenvalue weighted by molar-refractivity contribution is 5.87. The van der Waals surface area contributed by atoms with Crippen LogP contribution in [0.2, 0.25) is 0 Å². The zero-order valence-electron chi connectivity index (χ0n) is 14.0. The SMILES string of the molecule is CC(C)OC(=O)OCOC(=O)c1c(F)ncn1[C@H](C)c1ccccn1. The molecule has 9 heteroatoms. The van der Waals surface area contributed by atoms with E-state index in [0.717, 1.165) is 0 Å². The topological polar surface area (TPSA) is 92.5 Å². The fourth-order valence-corrected chi connectivity index (χ4v) is 2.01. The van der Waals surface area contributed by atoms with Gasteiger partial charge in [0.1, 0.15) is 0 Å².